The molecule has 1 saturated heterocycles. The van der Waals surface area contributed by atoms with Gasteiger partial charge in [0.2, 0.25) is 5.88 Å². The number of morpholine rings is 1. The van der Waals surface area contributed by atoms with Crippen LogP contribution in [0.2, 0.25) is 0 Å². The number of aromatic hydroxyl groups is 1. The Morgan fingerprint density at radius 2 is 2.12 bits per heavy atom. The number of rotatable bonds is 3. The lowest BCUT2D eigenvalue weighted by molar-refractivity contribution is 0.122. The first kappa shape index (κ1) is 17.8. The van der Waals surface area contributed by atoms with Gasteiger partial charge in [0.1, 0.15) is 5.56 Å². The zero-order valence-corrected chi connectivity index (χ0v) is 15.9. The minimum Gasteiger partial charge on any atom is -0.494 e. The Morgan fingerprint density at radius 1 is 1.40 bits per heavy atom. The second kappa shape index (κ2) is 7.51. The fraction of sp³-hybridized carbons (Fsp3) is 0.312. The summed E-state index contributed by atoms with van der Waals surface area (Å²) >= 11 is 8.51. The third kappa shape index (κ3) is 3.83. The normalized spacial score (nSPS) is 15.0. The van der Waals surface area contributed by atoms with Crippen LogP contribution in [-0.4, -0.2) is 47.2 Å². The zero-order valence-electron chi connectivity index (χ0n) is 13.5. The number of aromatic nitrogens is 2. The van der Waals surface area contributed by atoms with E-state index in [1.54, 1.807) is 7.05 Å². The van der Waals surface area contributed by atoms with Gasteiger partial charge in [0.25, 0.3) is 5.56 Å². The van der Waals surface area contributed by atoms with Crippen molar-refractivity contribution in [1.29, 1.82) is 0 Å². The second-order valence-electron chi connectivity index (χ2n) is 5.55. The average molecular weight is 425 g/mol. The largest absolute Gasteiger partial charge is 0.494 e. The molecule has 0 aliphatic carbocycles. The average Bonchev–Trinajstić information content (AvgIpc) is 2.60. The van der Waals surface area contributed by atoms with Gasteiger partial charge in [0.05, 0.1) is 24.6 Å². The number of hydrogen-bond donors (Lipinski definition) is 2. The molecule has 1 aromatic heterocycles. The number of benzene rings is 1. The van der Waals surface area contributed by atoms with Gasteiger partial charge in [-0.2, -0.15) is 0 Å². The first-order valence-electron chi connectivity index (χ1n) is 7.66. The first-order chi connectivity index (χ1) is 12.0. The lowest BCUT2D eigenvalue weighted by atomic mass is 10.2. The Kier molecular flexibility index (Phi) is 5.36. The topological polar surface area (TPSA) is 82.8 Å². The molecular formula is C16H17BrN4O3S. The molecule has 9 heteroatoms. The molecule has 2 aromatic rings. The van der Waals surface area contributed by atoms with Gasteiger partial charge in [-0.25, -0.2) is 0 Å². The van der Waals surface area contributed by atoms with Crippen molar-refractivity contribution in [3.63, 3.8) is 0 Å². The summed E-state index contributed by atoms with van der Waals surface area (Å²) in [6.45, 7) is 3.11. The monoisotopic (exact) mass is 424 g/mol. The Morgan fingerprint density at radius 3 is 2.80 bits per heavy atom. The maximum absolute atomic E-state index is 11.9. The molecule has 0 saturated carbocycles. The molecule has 2 heterocycles. The van der Waals surface area contributed by atoms with Crippen LogP contribution in [0.1, 0.15) is 5.56 Å². The fourth-order valence-electron chi connectivity index (χ4n) is 2.52. The van der Waals surface area contributed by atoms with E-state index in [0.29, 0.717) is 18.9 Å². The van der Waals surface area contributed by atoms with Crippen molar-refractivity contribution in [2.24, 2.45) is 12.0 Å². The number of aromatic amines is 1. The van der Waals surface area contributed by atoms with Crippen molar-refractivity contribution in [2.75, 3.05) is 31.2 Å². The van der Waals surface area contributed by atoms with Gasteiger partial charge in [-0.15, -0.1) is 0 Å². The van der Waals surface area contributed by atoms with E-state index in [1.807, 2.05) is 18.2 Å². The van der Waals surface area contributed by atoms with E-state index >= 15 is 0 Å². The Bertz CT molecular complexity index is 932. The molecule has 132 valence electrons. The molecule has 1 fully saturated rings. The van der Waals surface area contributed by atoms with Gasteiger partial charge < -0.3 is 14.7 Å². The molecular weight excluding hydrogens is 408 g/mol. The zero-order chi connectivity index (χ0) is 18.0. The van der Waals surface area contributed by atoms with E-state index < -0.39 is 5.56 Å². The summed E-state index contributed by atoms with van der Waals surface area (Å²) in [5.41, 5.74) is 1.32. The third-order valence-corrected chi connectivity index (χ3v) is 4.97. The van der Waals surface area contributed by atoms with Crippen LogP contribution in [0.15, 0.2) is 32.5 Å². The molecule has 3 rings (SSSR count). The number of H-pyrrole nitrogens is 1. The maximum atomic E-state index is 11.9. The predicted octanol–water partition coefficient (Wildman–Crippen LogP) is 2.50. The fourth-order valence-corrected chi connectivity index (χ4v) is 3.32. The van der Waals surface area contributed by atoms with Gasteiger partial charge in [0.15, 0.2) is 4.77 Å². The van der Waals surface area contributed by atoms with Crippen LogP contribution in [0, 0.1) is 4.77 Å². The number of anilines is 1. The number of ether oxygens (including phenoxy) is 1. The van der Waals surface area contributed by atoms with Crippen molar-refractivity contribution in [2.45, 2.75) is 0 Å². The summed E-state index contributed by atoms with van der Waals surface area (Å²) in [4.78, 5) is 21.0. The predicted molar refractivity (Wildman–Crippen MR) is 103 cm³/mol. The quantitative estimate of drug-likeness (QED) is 0.584. The molecule has 0 atom stereocenters. The summed E-state index contributed by atoms with van der Waals surface area (Å²) in [6.07, 6.45) is 1.33. The van der Waals surface area contributed by atoms with Crippen LogP contribution < -0.4 is 10.5 Å². The Hall–Kier alpha value is -1.97. The highest BCUT2D eigenvalue weighted by Crippen LogP contribution is 2.31. The number of nitrogens with one attached hydrogen (secondary N) is 1. The third-order valence-electron chi connectivity index (χ3n) is 3.95. The molecule has 2 N–H and O–H groups in total. The van der Waals surface area contributed by atoms with Crippen LogP contribution in [0.3, 0.4) is 0 Å². The number of nitrogens with zero attached hydrogens (tertiary/aromatic N) is 3. The molecule has 1 aliphatic heterocycles. The Labute approximate surface area is 157 Å². The Balaban J connectivity index is 1.88. The molecule has 7 nitrogen and oxygen atoms in total. The molecule has 1 aromatic carbocycles. The number of hydrogen-bond acceptors (Lipinski definition) is 6. The van der Waals surface area contributed by atoms with E-state index in [-0.39, 0.29) is 16.2 Å². The summed E-state index contributed by atoms with van der Waals surface area (Å²) in [6, 6.07) is 5.70. The van der Waals surface area contributed by atoms with Crippen LogP contribution in [0.4, 0.5) is 11.4 Å². The molecule has 0 spiro atoms. The second-order valence-corrected chi connectivity index (χ2v) is 6.79. The van der Waals surface area contributed by atoms with Crippen LogP contribution >= 0.6 is 28.1 Å². The molecule has 0 bridgehead atoms. The van der Waals surface area contributed by atoms with Crippen molar-refractivity contribution in [1.82, 2.24) is 9.55 Å². The van der Waals surface area contributed by atoms with E-state index in [1.165, 1.54) is 10.8 Å². The minimum absolute atomic E-state index is 0.0597. The minimum atomic E-state index is -0.478. The highest BCUT2D eigenvalue weighted by molar-refractivity contribution is 9.10. The van der Waals surface area contributed by atoms with E-state index in [9.17, 15) is 9.90 Å². The summed E-state index contributed by atoms with van der Waals surface area (Å²) in [5.74, 6) is -0.221. The lowest BCUT2D eigenvalue weighted by Gasteiger charge is -2.29. The van der Waals surface area contributed by atoms with Crippen LogP contribution in [-0.2, 0) is 11.8 Å². The molecule has 0 unspecified atom stereocenters. The SMILES string of the molecule is Cn1c(O)c(C=Nc2ccc(N3CCOCC3)c(Br)c2)c(=O)[nH]c1=S. The molecule has 0 amide bonds. The first-order valence-corrected chi connectivity index (χ1v) is 8.86. The highest BCUT2D eigenvalue weighted by atomic mass is 79.9. The summed E-state index contributed by atoms with van der Waals surface area (Å²) < 4.78 is 7.74. The highest BCUT2D eigenvalue weighted by Gasteiger charge is 2.14. The van der Waals surface area contributed by atoms with Gasteiger partial charge in [-0.05, 0) is 46.3 Å². The molecule has 1 aliphatic rings. The van der Waals surface area contributed by atoms with Crippen LogP contribution in [0.25, 0.3) is 0 Å². The maximum Gasteiger partial charge on any atom is 0.264 e. The standard InChI is InChI=1S/C16H17BrN4O3S/c1-20-15(23)11(14(22)19-16(20)25)9-18-10-2-3-13(12(17)8-10)21-4-6-24-7-5-21/h2-3,8-9,23H,4-7H2,1H3,(H,19,22,25). The van der Waals surface area contributed by atoms with E-state index in [2.05, 4.69) is 30.8 Å². The molecule has 0 radical (unpaired) electrons. The van der Waals surface area contributed by atoms with Crippen LogP contribution in [0.5, 0.6) is 5.88 Å². The van der Waals surface area contributed by atoms with Crippen molar-refractivity contribution >= 4 is 45.7 Å². The summed E-state index contributed by atoms with van der Waals surface area (Å²) in [7, 11) is 1.57. The smallest absolute Gasteiger partial charge is 0.264 e. The van der Waals surface area contributed by atoms with E-state index in [4.69, 9.17) is 17.0 Å². The van der Waals surface area contributed by atoms with Gasteiger partial charge >= 0.3 is 0 Å². The van der Waals surface area contributed by atoms with Crippen molar-refractivity contribution in [3.05, 3.63) is 43.4 Å². The number of aliphatic imine (C=N–C) groups is 1. The molecule has 25 heavy (non-hydrogen) atoms. The lowest BCUT2D eigenvalue weighted by Crippen LogP contribution is -2.36. The number of halogens is 1. The summed E-state index contributed by atoms with van der Waals surface area (Å²) in [5, 5.41) is 10.1. The van der Waals surface area contributed by atoms with Gasteiger partial charge in [-0.3, -0.25) is 19.3 Å². The van der Waals surface area contributed by atoms with Gasteiger partial charge in [0, 0.05) is 30.8 Å². The van der Waals surface area contributed by atoms with E-state index in [0.717, 1.165) is 23.2 Å². The van der Waals surface area contributed by atoms with Crippen molar-refractivity contribution in [3.8, 4) is 5.88 Å². The van der Waals surface area contributed by atoms with Crippen molar-refractivity contribution < 1.29 is 9.84 Å². The van der Waals surface area contributed by atoms with Gasteiger partial charge in [-0.1, -0.05) is 0 Å².